The predicted molar refractivity (Wildman–Crippen MR) is 78.6 cm³/mol. The molecule has 5 heteroatoms. The van der Waals surface area contributed by atoms with E-state index in [1.165, 1.54) is 0 Å². The van der Waals surface area contributed by atoms with Crippen molar-refractivity contribution >= 4 is 12.0 Å². The molecule has 2 amide bonds. The van der Waals surface area contributed by atoms with Gasteiger partial charge in [0.1, 0.15) is 0 Å². The van der Waals surface area contributed by atoms with E-state index >= 15 is 0 Å². The van der Waals surface area contributed by atoms with Gasteiger partial charge in [-0.05, 0) is 18.8 Å². The standard InChI is InChI=1S/C15H28N2O3/c1-5-12(6-2)9-16(7-3)15(20)17-8-11(4)13(10-17)14(18)19/h11-13H,5-10H2,1-4H3,(H,18,19). The number of hydrogen-bond donors (Lipinski definition) is 1. The molecule has 0 spiro atoms. The SMILES string of the molecule is CCC(CC)CN(CC)C(=O)N1CC(C)C(C(=O)O)C1. The number of aliphatic carboxylic acids is 1. The third kappa shape index (κ3) is 3.87. The Hall–Kier alpha value is -1.26. The highest BCUT2D eigenvalue weighted by Crippen LogP contribution is 2.24. The lowest BCUT2D eigenvalue weighted by Crippen LogP contribution is -2.44. The molecule has 1 fully saturated rings. The Kier molecular flexibility index (Phi) is 6.30. The molecule has 116 valence electrons. The average molecular weight is 284 g/mol. The molecule has 0 bridgehead atoms. The van der Waals surface area contributed by atoms with Crippen LogP contribution in [-0.4, -0.2) is 53.1 Å². The van der Waals surface area contributed by atoms with Gasteiger partial charge in [0.2, 0.25) is 0 Å². The third-order valence-corrected chi connectivity index (χ3v) is 4.49. The van der Waals surface area contributed by atoms with Crippen LogP contribution in [0.25, 0.3) is 0 Å². The van der Waals surface area contributed by atoms with Crippen molar-refractivity contribution in [1.29, 1.82) is 0 Å². The van der Waals surface area contributed by atoms with E-state index < -0.39 is 11.9 Å². The maximum atomic E-state index is 12.5. The Bertz CT molecular complexity index is 342. The number of carboxylic acid groups (broad SMARTS) is 1. The lowest BCUT2D eigenvalue weighted by molar-refractivity contribution is -0.142. The smallest absolute Gasteiger partial charge is 0.320 e. The van der Waals surface area contributed by atoms with E-state index in [2.05, 4.69) is 13.8 Å². The third-order valence-electron chi connectivity index (χ3n) is 4.49. The van der Waals surface area contributed by atoms with E-state index in [0.29, 0.717) is 25.6 Å². The summed E-state index contributed by atoms with van der Waals surface area (Å²) in [7, 11) is 0. The molecule has 0 radical (unpaired) electrons. The molecule has 0 aliphatic carbocycles. The largest absolute Gasteiger partial charge is 0.481 e. The Morgan fingerprint density at radius 2 is 1.85 bits per heavy atom. The van der Waals surface area contributed by atoms with E-state index in [-0.39, 0.29) is 11.9 Å². The molecule has 2 atom stereocenters. The van der Waals surface area contributed by atoms with Crippen molar-refractivity contribution in [2.45, 2.75) is 40.5 Å². The Morgan fingerprint density at radius 3 is 2.25 bits per heavy atom. The topological polar surface area (TPSA) is 60.9 Å². The van der Waals surface area contributed by atoms with Crippen LogP contribution in [0, 0.1) is 17.8 Å². The number of rotatable bonds is 6. The van der Waals surface area contributed by atoms with Crippen LogP contribution < -0.4 is 0 Å². The van der Waals surface area contributed by atoms with Gasteiger partial charge in [-0.2, -0.15) is 0 Å². The minimum atomic E-state index is -0.796. The monoisotopic (exact) mass is 284 g/mol. The van der Waals surface area contributed by atoms with E-state index in [0.717, 1.165) is 19.4 Å². The van der Waals surface area contributed by atoms with E-state index in [9.17, 15) is 9.59 Å². The summed E-state index contributed by atoms with van der Waals surface area (Å²) >= 11 is 0. The number of nitrogens with zero attached hydrogens (tertiary/aromatic N) is 2. The Balaban J connectivity index is 2.66. The molecule has 0 aromatic heterocycles. The van der Waals surface area contributed by atoms with Gasteiger partial charge in [0.05, 0.1) is 5.92 Å². The highest BCUT2D eigenvalue weighted by molar-refractivity contribution is 5.77. The quantitative estimate of drug-likeness (QED) is 0.815. The van der Waals surface area contributed by atoms with Crippen molar-refractivity contribution in [2.75, 3.05) is 26.2 Å². The van der Waals surface area contributed by atoms with Gasteiger partial charge < -0.3 is 14.9 Å². The summed E-state index contributed by atoms with van der Waals surface area (Å²) in [6.45, 7) is 10.5. The normalized spacial score (nSPS) is 22.4. The molecule has 1 aliphatic rings. The Labute approximate surface area is 121 Å². The summed E-state index contributed by atoms with van der Waals surface area (Å²) in [6, 6.07) is -0.00463. The molecule has 1 heterocycles. The first kappa shape index (κ1) is 16.8. The van der Waals surface area contributed by atoms with Crippen molar-refractivity contribution in [3.63, 3.8) is 0 Å². The zero-order valence-corrected chi connectivity index (χ0v) is 13.1. The fraction of sp³-hybridized carbons (Fsp3) is 0.867. The molecule has 1 N–H and O–H groups in total. The summed E-state index contributed by atoms with van der Waals surface area (Å²) in [6.07, 6.45) is 2.13. The summed E-state index contributed by atoms with van der Waals surface area (Å²) in [5, 5.41) is 9.15. The average Bonchev–Trinajstić information content (AvgIpc) is 2.82. The fourth-order valence-electron chi connectivity index (χ4n) is 2.85. The van der Waals surface area contributed by atoms with Gasteiger partial charge in [-0.25, -0.2) is 4.79 Å². The van der Waals surface area contributed by atoms with Gasteiger partial charge in [-0.3, -0.25) is 4.79 Å². The number of carbonyl (C=O) groups excluding carboxylic acids is 1. The van der Waals surface area contributed by atoms with Crippen LogP contribution in [0.15, 0.2) is 0 Å². The van der Waals surface area contributed by atoms with Gasteiger partial charge in [0.15, 0.2) is 0 Å². The highest BCUT2D eigenvalue weighted by atomic mass is 16.4. The van der Waals surface area contributed by atoms with Crippen LogP contribution in [0.1, 0.15) is 40.5 Å². The summed E-state index contributed by atoms with van der Waals surface area (Å²) in [5.74, 6) is -0.667. The zero-order chi connectivity index (χ0) is 15.3. The predicted octanol–water partition coefficient (Wildman–Crippen LogP) is 2.52. The van der Waals surface area contributed by atoms with E-state index in [1.54, 1.807) is 4.90 Å². The van der Waals surface area contributed by atoms with Gasteiger partial charge in [-0.15, -0.1) is 0 Å². The maximum absolute atomic E-state index is 12.5. The fourth-order valence-corrected chi connectivity index (χ4v) is 2.85. The number of urea groups is 1. The number of hydrogen-bond acceptors (Lipinski definition) is 2. The maximum Gasteiger partial charge on any atom is 0.320 e. The van der Waals surface area contributed by atoms with Gasteiger partial charge in [-0.1, -0.05) is 33.6 Å². The molecule has 1 rings (SSSR count). The lowest BCUT2D eigenvalue weighted by Gasteiger charge is -2.30. The van der Waals surface area contributed by atoms with Crippen LogP contribution >= 0.6 is 0 Å². The van der Waals surface area contributed by atoms with Crippen LogP contribution in [0.2, 0.25) is 0 Å². The van der Waals surface area contributed by atoms with Gasteiger partial charge in [0.25, 0.3) is 0 Å². The molecular formula is C15H28N2O3. The first-order chi connectivity index (χ1) is 9.44. The molecule has 0 aromatic rings. The van der Waals surface area contributed by atoms with Crippen molar-refractivity contribution in [3.05, 3.63) is 0 Å². The Morgan fingerprint density at radius 1 is 1.25 bits per heavy atom. The molecule has 1 aliphatic heterocycles. The van der Waals surface area contributed by atoms with Crippen LogP contribution in [0.4, 0.5) is 4.79 Å². The first-order valence-electron chi connectivity index (χ1n) is 7.71. The van der Waals surface area contributed by atoms with Crippen LogP contribution in [0.5, 0.6) is 0 Å². The highest BCUT2D eigenvalue weighted by Gasteiger charge is 2.38. The van der Waals surface area contributed by atoms with Crippen molar-refractivity contribution in [1.82, 2.24) is 9.80 Å². The second kappa shape index (κ2) is 7.50. The van der Waals surface area contributed by atoms with E-state index in [1.807, 2.05) is 18.7 Å². The van der Waals surface area contributed by atoms with Gasteiger partial charge >= 0.3 is 12.0 Å². The summed E-state index contributed by atoms with van der Waals surface area (Å²) in [4.78, 5) is 27.2. The molecule has 0 saturated carbocycles. The van der Waals surface area contributed by atoms with Crippen molar-refractivity contribution < 1.29 is 14.7 Å². The van der Waals surface area contributed by atoms with Gasteiger partial charge in [0, 0.05) is 26.2 Å². The molecule has 0 aromatic carbocycles. The molecule has 2 unspecified atom stereocenters. The lowest BCUT2D eigenvalue weighted by atomic mass is 9.99. The number of carbonyl (C=O) groups is 2. The van der Waals surface area contributed by atoms with Crippen molar-refractivity contribution in [3.8, 4) is 0 Å². The molecular weight excluding hydrogens is 256 g/mol. The summed E-state index contributed by atoms with van der Waals surface area (Å²) < 4.78 is 0. The second-order valence-electron chi connectivity index (χ2n) is 5.83. The number of amides is 2. The minimum absolute atomic E-state index is 0.00463. The van der Waals surface area contributed by atoms with Crippen molar-refractivity contribution in [2.24, 2.45) is 17.8 Å². The number of likely N-dealkylation sites (tertiary alicyclic amines) is 1. The molecule has 1 saturated heterocycles. The van der Waals surface area contributed by atoms with Crippen LogP contribution in [-0.2, 0) is 4.79 Å². The zero-order valence-electron chi connectivity index (χ0n) is 13.1. The second-order valence-corrected chi connectivity index (χ2v) is 5.83. The first-order valence-corrected chi connectivity index (χ1v) is 7.71. The van der Waals surface area contributed by atoms with Crippen LogP contribution in [0.3, 0.4) is 0 Å². The molecule has 20 heavy (non-hydrogen) atoms. The summed E-state index contributed by atoms with van der Waals surface area (Å²) in [5.41, 5.74) is 0. The minimum Gasteiger partial charge on any atom is -0.481 e. The molecule has 5 nitrogen and oxygen atoms in total. The van der Waals surface area contributed by atoms with E-state index in [4.69, 9.17) is 5.11 Å². The number of carboxylic acids is 1.